The Labute approximate surface area is 227 Å². The van der Waals surface area contributed by atoms with E-state index in [2.05, 4.69) is 15.7 Å². The van der Waals surface area contributed by atoms with Crippen molar-refractivity contribution in [1.82, 2.24) is 15.1 Å². The number of benzene rings is 3. The summed E-state index contributed by atoms with van der Waals surface area (Å²) in [6.45, 7) is 0. The van der Waals surface area contributed by atoms with Gasteiger partial charge in [0.2, 0.25) is 6.43 Å². The molecular weight excluding hydrogens is 569 g/mol. The van der Waals surface area contributed by atoms with E-state index in [1.165, 1.54) is 7.05 Å². The average Bonchev–Trinajstić information content (AvgIpc) is 3.32. The van der Waals surface area contributed by atoms with Gasteiger partial charge in [-0.1, -0.05) is 11.6 Å². The summed E-state index contributed by atoms with van der Waals surface area (Å²) in [5.41, 5.74) is -3.71. The molecule has 0 radical (unpaired) electrons. The van der Waals surface area contributed by atoms with Gasteiger partial charge in [0.25, 0.3) is 11.8 Å². The molecule has 3 aromatic carbocycles. The van der Waals surface area contributed by atoms with E-state index in [1.54, 1.807) is 0 Å². The molecule has 0 fully saturated rings. The number of amides is 2. The first-order chi connectivity index (χ1) is 19.1. The van der Waals surface area contributed by atoms with Gasteiger partial charge in [-0.2, -0.15) is 18.3 Å². The third-order valence-electron chi connectivity index (χ3n) is 6.25. The molecule has 2 N–H and O–H groups in total. The summed E-state index contributed by atoms with van der Waals surface area (Å²) in [5, 5.41) is 8.61. The first-order valence-corrected chi connectivity index (χ1v) is 11.8. The van der Waals surface area contributed by atoms with Crippen molar-refractivity contribution in [2.75, 3.05) is 5.32 Å². The second-order valence-electron chi connectivity index (χ2n) is 8.87. The van der Waals surface area contributed by atoms with Crippen LogP contribution in [0.1, 0.15) is 50.5 Å². The van der Waals surface area contributed by atoms with Gasteiger partial charge in [-0.15, -0.1) is 0 Å². The van der Waals surface area contributed by atoms with Crippen LogP contribution in [0.25, 0.3) is 10.9 Å². The Morgan fingerprint density at radius 1 is 1.18 bits per heavy atom. The predicted molar refractivity (Wildman–Crippen MR) is 130 cm³/mol. The number of nitrogens with zero attached hydrogens (tertiary/aromatic N) is 2. The lowest BCUT2D eigenvalue weighted by atomic mass is 9.93. The zero-order valence-corrected chi connectivity index (χ0v) is 20.8. The third-order valence-corrected chi connectivity index (χ3v) is 6.58. The molecule has 1 unspecified atom stereocenters. The van der Waals surface area contributed by atoms with Crippen LogP contribution in [0.3, 0.4) is 0 Å². The highest BCUT2D eigenvalue weighted by molar-refractivity contribution is 6.31. The molecule has 1 atom stereocenters. The molecule has 1 aromatic heterocycles. The number of aryl methyl sites for hydroxylation is 1. The number of halogens is 8. The number of carbonyl (C=O) groups is 2. The second kappa shape index (κ2) is 9.81. The van der Waals surface area contributed by atoms with Crippen molar-refractivity contribution in [2.24, 2.45) is 7.05 Å². The third kappa shape index (κ3) is 4.85. The van der Waals surface area contributed by atoms with Crippen LogP contribution >= 0.6 is 11.6 Å². The van der Waals surface area contributed by atoms with Crippen molar-refractivity contribution in [3.63, 3.8) is 0 Å². The minimum Gasteiger partial charge on any atom is -0.341 e. The molecule has 2 amide bonds. The summed E-state index contributed by atoms with van der Waals surface area (Å²) in [6, 6.07) is 2.85. The highest BCUT2D eigenvalue weighted by atomic mass is 35.5. The molecule has 5 rings (SSSR count). The molecule has 0 spiro atoms. The molecule has 0 aliphatic carbocycles. The van der Waals surface area contributed by atoms with Crippen LogP contribution in [-0.2, 0) is 19.6 Å². The van der Waals surface area contributed by atoms with Gasteiger partial charge in [-0.25, -0.2) is 17.6 Å². The van der Waals surface area contributed by atoms with Crippen LogP contribution in [0.2, 0.25) is 5.02 Å². The molecule has 4 aromatic rings. The van der Waals surface area contributed by atoms with Gasteiger partial charge in [0.05, 0.1) is 30.6 Å². The van der Waals surface area contributed by atoms with E-state index in [-0.39, 0.29) is 50.1 Å². The number of anilines is 1. The number of rotatable bonds is 5. The summed E-state index contributed by atoms with van der Waals surface area (Å²) < 4.78 is 105. The molecule has 0 saturated carbocycles. The lowest BCUT2D eigenvalue weighted by Crippen LogP contribution is -2.21. The quantitative estimate of drug-likeness (QED) is 0.266. The van der Waals surface area contributed by atoms with Crippen molar-refractivity contribution >= 4 is 40.0 Å². The molecule has 2 heterocycles. The number of hydrogen-bond acceptors (Lipinski definition) is 3. The van der Waals surface area contributed by atoms with Crippen LogP contribution < -0.4 is 10.6 Å². The molecule has 14 heteroatoms. The maximum Gasteiger partial charge on any atom is 0.416 e. The van der Waals surface area contributed by atoms with Crippen LogP contribution in [0.5, 0.6) is 0 Å². The lowest BCUT2D eigenvalue weighted by Gasteiger charge is -2.18. The van der Waals surface area contributed by atoms with Gasteiger partial charge in [-0.3, -0.25) is 14.3 Å². The molecular formula is C26H16ClF7N4O2. The Bertz CT molecular complexity index is 1760. The zero-order chi connectivity index (χ0) is 30.0. The van der Waals surface area contributed by atoms with Crippen molar-refractivity contribution in [1.29, 1.82) is 0 Å². The topological polar surface area (TPSA) is 76.0 Å². The Balaban J connectivity index is 1.77. The first kappa shape index (κ1) is 26.1. The standard InChI is InChI=1S/C26H16ClF7N4O2/c1-38-18(9-19(30)31)15-8-17(35-24(39)10-4-11(26(32,33)34)6-13(29)5-10)20-21(23(15)37-38)25(40)36-22(20)14-7-12(28)2-3-16(14)27/h2-8,19,22H,9H2,1H3,(H,35,39)(H,36,40)/i22D. The SMILES string of the molecule is [2H]C1(c2cc(F)ccc2Cl)NC(=O)c2c1c(NC(=O)c1cc(F)cc(C(F)(F)F)c1)cc1c(CC(F)F)n(C)nc21. The number of fused-ring (bicyclic) bond motifs is 3. The summed E-state index contributed by atoms with van der Waals surface area (Å²) in [7, 11) is 1.33. The van der Waals surface area contributed by atoms with E-state index in [9.17, 15) is 40.3 Å². The maximum absolute atomic E-state index is 14.2. The van der Waals surface area contributed by atoms with E-state index >= 15 is 0 Å². The van der Waals surface area contributed by atoms with Crippen molar-refractivity contribution in [3.05, 3.63) is 92.6 Å². The van der Waals surface area contributed by atoms with Crippen molar-refractivity contribution < 1.29 is 41.7 Å². The van der Waals surface area contributed by atoms with Crippen LogP contribution in [0.15, 0.2) is 42.5 Å². The number of carbonyl (C=O) groups excluding carboxylic acids is 2. The highest BCUT2D eigenvalue weighted by Crippen LogP contribution is 2.43. The van der Waals surface area contributed by atoms with Crippen LogP contribution in [0, 0.1) is 11.6 Å². The van der Waals surface area contributed by atoms with E-state index in [4.69, 9.17) is 13.0 Å². The van der Waals surface area contributed by atoms with Gasteiger partial charge >= 0.3 is 6.18 Å². The van der Waals surface area contributed by atoms with Gasteiger partial charge in [-0.05, 0) is 42.5 Å². The number of aromatic nitrogens is 2. The Morgan fingerprint density at radius 2 is 1.90 bits per heavy atom. The summed E-state index contributed by atoms with van der Waals surface area (Å²) >= 11 is 6.24. The van der Waals surface area contributed by atoms with E-state index in [0.29, 0.717) is 12.1 Å². The number of alkyl halides is 5. The largest absolute Gasteiger partial charge is 0.416 e. The number of nitrogens with one attached hydrogen (secondary N) is 2. The predicted octanol–water partition coefficient (Wildman–Crippen LogP) is 6.42. The average molecular weight is 586 g/mol. The molecule has 0 saturated heterocycles. The van der Waals surface area contributed by atoms with E-state index in [0.717, 1.165) is 28.9 Å². The normalized spacial score (nSPS) is 17.2. The van der Waals surface area contributed by atoms with Crippen LogP contribution in [-0.4, -0.2) is 28.0 Å². The Hall–Kier alpha value is -4.13. The molecule has 1 aliphatic heterocycles. The minimum absolute atomic E-state index is 0.0261. The van der Waals surface area contributed by atoms with Gasteiger partial charge in [0.1, 0.15) is 17.2 Å². The summed E-state index contributed by atoms with van der Waals surface area (Å²) in [6.07, 6.45) is -8.65. The number of hydrogen-bond donors (Lipinski definition) is 2. The van der Waals surface area contributed by atoms with Gasteiger partial charge < -0.3 is 10.6 Å². The highest BCUT2D eigenvalue weighted by Gasteiger charge is 2.38. The summed E-state index contributed by atoms with van der Waals surface area (Å²) in [5.74, 6) is -4.41. The Morgan fingerprint density at radius 3 is 2.58 bits per heavy atom. The second-order valence-corrected chi connectivity index (χ2v) is 9.28. The summed E-state index contributed by atoms with van der Waals surface area (Å²) in [4.78, 5) is 26.4. The van der Waals surface area contributed by atoms with E-state index < -0.39 is 59.6 Å². The Kier molecular flexibility index (Phi) is 6.40. The molecule has 0 bridgehead atoms. The first-order valence-electron chi connectivity index (χ1n) is 11.9. The van der Waals surface area contributed by atoms with Crippen LogP contribution in [0.4, 0.5) is 36.4 Å². The lowest BCUT2D eigenvalue weighted by molar-refractivity contribution is -0.137. The fraction of sp³-hybridized carbons (Fsp3) is 0.192. The fourth-order valence-corrected chi connectivity index (χ4v) is 4.77. The molecule has 1 aliphatic rings. The zero-order valence-electron chi connectivity index (χ0n) is 21.1. The van der Waals surface area contributed by atoms with E-state index in [1.807, 2.05) is 0 Å². The van der Waals surface area contributed by atoms with Crippen molar-refractivity contribution in [3.8, 4) is 0 Å². The fourth-order valence-electron chi connectivity index (χ4n) is 4.56. The molecule has 6 nitrogen and oxygen atoms in total. The van der Waals surface area contributed by atoms with Gasteiger partial charge in [0.15, 0.2) is 0 Å². The molecule has 40 heavy (non-hydrogen) atoms. The molecule has 208 valence electrons. The maximum atomic E-state index is 14.2. The van der Waals surface area contributed by atoms with Gasteiger partial charge in [0, 0.05) is 39.8 Å². The monoisotopic (exact) mass is 585 g/mol. The van der Waals surface area contributed by atoms with Crippen molar-refractivity contribution in [2.45, 2.75) is 25.0 Å². The minimum atomic E-state index is -4.99. The smallest absolute Gasteiger partial charge is 0.341 e.